The third-order valence-electron chi connectivity index (χ3n) is 12.7. The molecule has 1 nitrogen and oxygen atoms in total. The van der Waals surface area contributed by atoms with Crippen molar-refractivity contribution in [2.75, 3.05) is 4.90 Å². The van der Waals surface area contributed by atoms with Gasteiger partial charge in [0.05, 0.1) is 0 Å². The summed E-state index contributed by atoms with van der Waals surface area (Å²) in [5.41, 5.74) is 16.9. The molecule has 2 aliphatic carbocycles. The van der Waals surface area contributed by atoms with Gasteiger partial charge in [-0.15, -0.1) is 11.3 Å². The maximum Gasteiger partial charge on any atom is 0.0468 e. The number of anilines is 3. The lowest BCUT2D eigenvalue weighted by Gasteiger charge is -2.28. The molecule has 0 spiro atoms. The summed E-state index contributed by atoms with van der Waals surface area (Å²) in [6, 6.07) is 66.0. The average Bonchev–Trinajstić information content (AvgIpc) is 3.88. The molecule has 0 fully saturated rings. The highest BCUT2D eigenvalue weighted by molar-refractivity contribution is 7.26. The lowest BCUT2D eigenvalue weighted by molar-refractivity contribution is 0.660. The molecule has 0 N–H and O–H groups in total. The van der Waals surface area contributed by atoms with Crippen LogP contribution in [-0.2, 0) is 11.8 Å². The lowest BCUT2D eigenvalue weighted by Crippen LogP contribution is -2.16. The summed E-state index contributed by atoms with van der Waals surface area (Å²) in [6.45, 7) is 4.74. The Balaban J connectivity index is 1.05. The van der Waals surface area contributed by atoms with Crippen LogP contribution in [0.15, 0.2) is 176 Å². The van der Waals surface area contributed by atoms with E-state index in [2.05, 4.69) is 195 Å². The Morgan fingerprint density at radius 3 is 2.02 bits per heavy atom. The molecule has 0 saturated heterocycles. The van der Waals surface area contributed by atoms with Gasteiger partial charge in [-0.1, -0.05) is 135 Å². The van der Waals surface area contributed by atoms with Crippen LogP contribution in [0.25, 0.3) is 75.1 Å². The molecule has 1 aromatic heterocycles. The zero-order valence-electron chi connectivity index (χ0n) is 31.3. The molecule has 0 amide bonds. The van der Waals surface area contributed by atoms with Crippen LogP contribution >= 0.6 is 11.3 Å². The largest absolute Gasteiger partial charge is 0.310 e. The smallest absolute Gasteiger partial charge is 0.0468 e. The highest BCUT2D eigenvalue weighted by atomic mass is 32.1. The minimum absolute atomic E-state index is 0.0980. The van der Waals surface area contributed by atoms with Gasteiger partial charge in [0.15, 0.2) is 0 Å². The first-order valence-electron chi connectivity index (χ1n) is 19.6. The van der Waals surface area contributed by atoms with Crippen molar-refractivity contribution >= 4 is 70.1 Å². The Hall–Kier alpha value is -6.48. The van der Waals surface area contributed by atoms with Gasteiger partial charge in [0, 0.05) is 42.6 Å². The molecule has 0 atom stereocenters. The van der Waals surface area contributed by atoms with Gasteiger partial charge < -0.3 is 4.90 Å². The number of rotatable bonds is 4. The Morgan fingerprint density at radius 1 is 0.464 bits per heavy atom. The van der Waals surface area contributed by atoms with E-state index in [1.807, 2.05) is 11.3 Å². The van der Waals surface area contributed by atoms with E-state index in [4.69, 9.17) is 0 Å². The van der Waals surface area contributed by atoms with E-state index in [1.54, 1.807) is 0 Å². The molecule has 0 unspecified atom stereocenters. The average molecular weight is 732 g/mol. The van der Waals surface area contributed by atoms with Crippen molar-refractivity contribution < 1.29 is 0 Å². The molecule has 12 rings (SSSR count). The number of nitrogens with zero attached hydrogens (tertiary/aromatic N) is 1. The maximum absolute atomic E-state index is 2.47. The fraction of sp³-hybridized carbons (Fsp3) is 0.0741. The van der Waals surface area contributed by atoms with Crippen molar-refractivity contribution in [2.24, 2.45) is 0 Å². The van der Waals surface area contributed by atoms with E-state index < -0.39 is 0 Å². The molecule has 10 aromatic rings. The molecule has 9 aromatic carbocycles. The second-order valence-corrected chi connectivity index (χ2v) is 17.2. The number of thiophene rings is 1. The van der Waals surface area contributed by atoms with Crippen LogP contribution in [0.3, 0.4) is 0 Å². The minimum atomic E-state index is -0.0980. The van der Waals surface area contributed by atoms with Gasteiger partial charge in [0.1, 0.15) is 0 Å². The number of hydrogen-bond donors (Lipinski definition) is 0. The Kier molecular flexibility index (Phi) is 6.68. The predicted molar refractivity (Wildman–Crippen MR) is 240 cm³/mol. The minimum Gasteiger partial charge on any atom is -0.310 e. The fourth-order valence-electron chi connectivity index (χ4n) is 9.90. The van der Waals surface area contributed by atoms with Crippen molar-refractivity contribution in [1.82, 2.24) is 0 Å². The SMILES string of the molecule is CC1(C)c2ccccc2-c2ccc(N(c3ccc(-c4ccc5ccccc5c4)cc3)c3ccc4sc5ccc6c(c5c4c3)-c3ccc4ccccc4c3C6)cc21. The van der Waals surface area contributed by atoms with Crippen molar-refractivity contribution in [3.8, 4) is 33.4 Å². The van der Waals surface area contributed by atoms with Gasteiger partial charge in [-0.2, -0.15) is 0 Å². The van der Waals surface area contributed by atoms with Crippen LogP contribution in [0.1, 0.15) is 36.1 Å². The Morgan fingerprint density at radius 2 is 1.12 bits per heavy atom. The molecule has 56 heavy (non-hydrogen) atoms. The standard InChI is InChI=1S/C54H37NS/c1-54(2)48-14-8-7-13-43(48)44-26-23-41(32-49(44)54)55(39-21-17-34(18-22-39)37-16-15-33-9-3-4-11-36(33)29-37)40-24-28-50-47(31-40)53-51(56-50)27-20-38-30-46-42-12-6-5-10-35(42)19-25-45(46)52(38)53/h3-29,31-32H,30H2,1-2H3. The van der Waals surface area contributed by atoms with Crippen molar-refractivity contribution in [2.45, 2.75) is 25.7 Å². The van der Waals surface area contributed by atoms with E-state index in [-0.39, 0.29) is 5.41 Å². The van der Waals surface area contributed by atoms with E-state index in [1.165, 1.54) is 109 Å². The fourth-order valence-corrected chi connectivity index (χ4v) is 11.0. The van der Waals surface area contributed by atoms with Crippen molar-refractivity contribution in [3.05, 3.63) is 198 Å². The summed E-state index contributed by atoms with van der Waals surface area (Å²) in [5, 5.41) is 7.92. The van der Waals surface area contributed by atoms with Gasteiger partial charge in [0.25, 0.3) is 0 Å². The van der Waals surface area contributed by atoms with E-state index in [0.29, 0.717) is 0 Å². The topological polar surface area (TPSA) is 3.24 Å². The molecule has 2 aliphatic rings. The third-order valence-corrected chi connectivity index (χ3v) is 13.8. The third kappa shape index (κ3) is 4.60. The highest BCUT2D eigenvalue weighted by Gasteiger charge is 2.36. The van der Waals surface area contributed by atoms with Gasteiger partial charge in [-0.25, -0.2) is 0 Å². The Bertz CT molecular complexity index is 3250. The summed E-state index contributed by atoms with van der Waals surface area (Å²) in [6.07, 6.45) is 0.974. The van der Waals surface area contributed by atoms with Crippen LogP contribution in [0.5, 0.6) is 0 Å². The summed E-state index contributed by atoms with van der Waals surface area (Å²) < 4.78 is 2.67. The first kappa shape index (κ1) is 31.8. The molecule has 2 heteroatoms. The zero-order valence-corrected chi connectivity index (χ0v) is 32.1. The number of fused-ring (bicyclic) bond motifs is 13. The molecular formula is C54H37NS. The van der Waals surface area contributed by atoms with E-state index in [0.717, 1.165) is 12.1 Å². The molecule has 0 saturated carbocycles. The first-order valence-corrected chi connectivity index (χ1v) is 20.4. The summed E-state index contributed by atoms with van der Waals surface area (Å²) in [5.74, 6) is 0. The van der Waals surface area contributed by atoms with Crippen LogP contribution in [0.4, 0.5) is 17.1 Å². The molecule has 0 aliphatic heterocycles. The van der Waals surface area contributed by atoms with Crippen LogP contribution in [-0.4, -0.2) is 0 Å². The monoisotopic (exact) mass is 731 g/mol. The quantitative estimate of drug-likeness (QED) is 0.174. The van der Waals surface area contributed by atoms with Crippen molar-refractivity contribution in [3.63, 3.8) is 0 Å². The molecule has 1 heterocycles. The molecule has 264 valence electrons. The van der Waals surface area contributed by atoms with Gasteiger partial charge in [-0.05, 0) is 138 Å². The Labute approximate surface area is 330 Å². The lowest BCUT2D eigenvalue weighted by atomic mass is 9.82. The second kappa shape index (κ2) is 11.8. The number of hydrogen-bond acceptors (Lipinski definition) is 2. The van der Waals surface area contributed by atoms with Crippen LogP contribution < -0.4 is 4.90 Å². The van der Waals surface area contributed by atoms with Gasteiger partial charge in [-0.3, -0.25) is 0 Å². The van der Waals surface area contributed by atoms with E-state index >= 15 is 0 Å². The summed E-state index contributed by atoms with van der Waals surface area (Å²) in [7, 11) is 0. The first-order chi connectivity index (χ1) is 27.5. The van der Waals surface area contributed by atoms with Gasteiger partial charge in [0.2, 0.25) is 0 Å². The second-order valence-electron chi connectivity index (χ2n) is 16.1. The normalized spacial score (nSPS) is 13.6. The maximum atomic E-state index is 2.47. The van der Waals surface area contributed by atoms with E-state index in [9.17, 15) is 0 Å². The highest BCUT2D eigenvalue weighted by Crippen LogP contribution is 2.52. The summed E-state index contributed by atoms with van der Waals surface area (Å²) >= 11 is 1.91. The zero-order chi connectivity index (χ0) is 37.1. The summed E-state index contributed by atoms with van der Waals surface area (Å²) in [4.78, 5) is 2.47. The van der Waals surface area contributed by atoms with Crippen LogP contribution in [0, 0.1) is 0 Å². The van der Waals surface area contributed by atoms with Gasteiger partial charge >= 0.3 is 0 Å². The predicted octanol–water partition coefficient (Wildman–Crippen LogP) is 15.4. The van der Waals surface area contributed by atoms with Crippen LogP contribution in [0.2, 0.25) is 0 Å². The molecule has 0 bridgehead atoms. The van der Waals surface area contributed by atoms with Crippen molar-refractivity contribution in [1.29, 1.82) is 0 Å². The molecule has 0 radical (unpaired) electrons. The molecular weight excluding hydrogens is 695 g/mol. The number of benzene rings is 9.